The molecule has 1 aliphatic rings. The topological polar surface area (TPSA) is 32.3 Å². The molecular weight excluding hydrogens is 266 g/mol. The van der Waals surface area contributed by atoms with Crippen molar-refractivity contribution in [1.29, 1.82) is 0 Å². The van der Waals surface area contributed by atoms with Crippen LogP contribution in [0.4, 0.5) is 0 Å². The first-order valence-electron chi connectivity index (χ1n) is 5.78. The number of β-amino-alcohol motifs (C(OH)–C–C–N with tert-alkyl or cyclic N) is 1. The fourth-order valence-corrected chi connectivity index (χ4v) is 2.71. The molecule has 0 spiro atoms. The standard InChI is InChI=1S/C13H18BrNO/c1-10-11(4-2-5-12(10)14)8-13(16)6-3-7-15-9-13/h2,4-5,15-16H,3,6-9H2,1H3. The minimum absolute atomic E-state index is 0.566. The fourth-order valence-electron chi connectivity index (χ4n) is 2.30. The van der Waals surface area contributed by atoms with Gasteiger partial charge >= 0.3 is 0 Å². The molecule has 1 atom stereocenters. The van der Waals surface area contributed by atoms with E-state index in [9.17, 15) is 5.11 Å². The molecule has 1 fully saturated rings. The predicted molar refractivity (Wildman–Crippen MR) is 69.6 cm³/mol. The van der Waals surface area contributed by atoms with Crippen LogP contribution < -0.4 is 5.32 Å². The van der Waals surface area contributed by atoms with E-state index in [1.807, 2.05) is 12.1 Å². The van der Waals surface area contributed by atoms with Crippen molar-refractivity contribution in [2.75, 3.05) is 13.1 Å². The van der Waals surface area contributed by atoms with Gasteiger partial charge in [-0.15, -0.1) is 0 Å². The van der Waals surface area contributed by atoms with Gasteiger partial charge in [0.2, 0.25) is 0 Å². The molecular formula is C13H18BrNO. The largest absolute Gasteiger partial charge is 0.388 e. The Labute approximate surface area is 105 Å². The zero-order valence-electron chi connectivity index (χ0n) is 9.59. The fraction of sp³-hybridized carbons (Fsp3) is 0.538. The van der Waals surface area contributed by atoms with E-state index in [0.29, 0.717) is 6.54 Å². The summed E-state index contributed by atoms with van der Waals surface area (Å²) in [4.78, 5) is 0. The molecule has 0 bridgehead atoms. The molecule has 0 aliphatic carbocycles. The van der Waals surface area contributed by atoms with E-state index in [2.05, 4.69) is 34.2 Å². The van der Waals surface area contributed by atoms with E-state index in [0.717, 1.165) is 30.3 Å². The Kier molecular flexibility index (Phi) is 3.67. The van der Waals surface area contributed by atoms with E-state index in [1.165, 1.54) is 11.1 Å². The SMILES string of the molecule is Cc1c(Br)cccc1CC1(O)CCCNC1. The molecule has 1 unspecified atom stereocenters. The summed E-state index contributed by atoms with van der Waals surface area (Å²) < 4.78 is 1.12. The van der Waals surface area contributed by atoms with E-state index in [-0.39, 0.29) is 0 Å². The minimum atomic E-state index is -0.566. The molecule has 0 radical (unpaired) electrons. The van der Waals surface area contributed by atoms with Gasteiger partial charge in [-0.25, -0.2) is 0 Å². The highest BCUT2D eigenvalue weighted by atomic mass is 79.9. The number of hydrogen-bond donors (Lipinski definition) is 2. The third-order valence-corrected chi connectivity index (χ3v) is 4.21. The monoisotopic (exact) mass is 283 g/mol. The highest BCUT2D eigenvalue weighted by Crippen LogP contribution is 2.26. The first-order valence-corrected chi connectivity index (χ1v) is 6.57. The van der Waals surface area contributed by atoms with Crippen molar-refractivity contribution in [1.82, 2.24) is 5.32 Å². The lowest BCUT2D eigenvalue weighted by Crippen LogP contribution is -2.47. The van der Waals surface area contributed by atoms with Crippen LogP contribution in [0.25, 0.3) is 0 Å². The summed E-state index contributed by atoms with van der Waals surface area (Å²) in [6, 6.07) is 6.18. The average molecular weight is 284 g/mol. The van der Waals surface area contributed by atoms with Gasteiger partial charge in [0.25, 0.3) is 0 Å². The van der Waals surface area contributed by atoms with E-state index >= 15 is 0 Å². The number of rotatable bonds is 2. The van der Waals surface area contributed by atoms with E-state index < -0.39 is 5.60 Å². The van der Waals surface area contributed by atoms with Gasteiger partial charge < -0.3 is 10.4 Å². The number of benzene rings is 1. The Morgan fingerprint density at radius 2 is 2.31 bits per heavy atom. The maximum atomic E-state index is 10.5. The second-order valence-electron chi connectivity index (χ2n) is 4.71. The highest BCUT2D eigenvalue weighted by molar-refractivity contribution is 9.10. The van der Waals surface area contributed by atoms with Crippen LogP contribution in [-0.4, -0.2) is 23.8 Å². The normalized spacial score (nSPS) is 25.7. The van der Waals surface area contributed by atoms with Crippen molar-refractivity contribution in [3.63, 3.8) is 0 Å². The van der Waals surface area contributed by atoms with Crippen molar-refractivity contribution in [2.24, 2.45) is 0 Å². The van der Waals surface area contributed by atoms with Crippen LogP contribution in [0.3, 0.4) is 0 Å². The van der Waals surface area contributed by atoms with E-state index in [1.54, 1.807) is 0 Å². The van der Waals surface area contributed by atoms with Crippen molar-refractivity contribution in [3.05, 3.63) is 33.8 Å². The Morgan fingerprint density at radius 3 is 3.00 bits per heavy atom. The van der Waals surface area contributed by atoms with Gasteiger partial charge in [-0.2, -0.15) is 0 Å². The van der Waals surface area contributed by atoms with Crippen LogP contribution in [0.15, 0.2) is 22.7 Å². The number of piperidine rings is 1. The van der Waals surface area contributed by atoms with Crippen molar-refractivity contribution < 1.29 is 5.11 Å². The van der Waals surface area contributed by atoms with Crippen molar-refractivity contribution in [2.45, 2.75) is 31.8 Å². The maximum Gasteiger partial charge on any atom is 0.0812 e. The summed E-state index contributed by atoms with van der Waals surface area (Å²) in [6.07, 6.45) is 2.70. The van der Waals surface area contributed by atoms with Gasteiger partial charge in [0, 0.05) is 17.4 Å². The molecule has 0 saturated carbocycles. The van der Waals surface area contributed by atoms with Gasteiger partial charge in [-0.05, 0) is 43.5 Å². The van der Waals surface area contributed by atoms with Crippen LogP contribution in [-0.2, 0) is 6.42 Å². The summed E-state index contributed by atoms with van der Waals surface area (Å²) in [5.41, 5.74) is 1.91. The van der Waals surface area contributed by atoms with Gasteiger partial charge in [-0.1, -0.05) is 28.1 Å². The molecule has 2 N–H and O–H groups in total. The lowest BCUT2D eigenvalue weighted by Gasteiger charge is -2.33. The van der Waals surface area contributed by atoms with Gasteiger partial charge in [0.05, 0.1) is 5.60 Å². The lowest BCUT2D eigenvalue weighted by molar-refractivity contribution is 0.0168. The summed E-state index contributed by atoms with van der Waals surface area (Å²) in [6.45, 7) is 3.83. The maximum absolute atomic E-state index is 10.5. The molecule has 1 saturated heterocycles. The van der Waals surface area contributed by atoms with Crippen LogP contribution in [0, 0.1) is 6.92 Å². The first-order chi connectivity index (χ1) is 7.61. The molecule has 1 aromatic carbocycles. The summed E-state index contributed by atoms with van der Waals surface area (Å²) in [5.74, 6) is 0. The van der Waals surface area contributed by atoms with Crippen molar-refractivity contribution in [3.8, 4) is 0 Å². The Morgan fingerprint density at radius 1 is 1.50 bits per heavy atom. The van der Waals surface area contributed by atoms with Gasteiger partial charge in [0.15, 0.2) is 0 Å². The Balaban J connectivity index is 2.16. The Hall–Kier alpha value is -0.380. The predicted octanol–water partition coefficient (Wildman–Crippen LogP) is 2.41. The zero-order valence-corrected chi connectivity index (χ0v) is 11.2. The lowest BCUT2D eigenvalue weighted by atomic mass is 9.86. The molecule has 2 nitrogen and oxygen atoms in total. The van der Waals surface area contributed by atoms with Crippen LogP contribution in [0.1, 0.15) is 24.0 Å². The highest BCUT2D eigenvalue weighted by Gasteiger charge is 2.29. The van der Waals surface area contributed by atoms with Gasteiger partial charge in [0.1, 0.15) is 0 Å². The van der Waals surface area contributed by atoms with Crippen LogP contribution in [0.2, 0.25) is 0 Å². The molecule has 1 aliphatic heterocycles. The van der Waals surface area contributed by atoms with E-state index in [4.69, 9.17) is 0 Å². The molecule has 3 heteroatoms. The Bertz CT molecular complexity index is 372. The molecule has 1 aromatic rings. The number of halogens is 1. The molecule has 2 rings (SSSR count). The second-order valence-corrected chi connectivity index (χ2v) is 5.56. The summed E-state index contributed by atoms with van der Waals surface area (Å²) in [5, 5.41) is 13.7. The quantitative estimate of drug-likeness (QED) is 0.874. The third kappa shape index (κ3) is 2.65. The molecule has 0 aromatic heterocycles. The summed E-state index contributed by atoms with van der Waals surface area (Å²) in [7, 11) is 0. The first kappa shape index (κ1) is 12.1. The summed E-state index contributed by atoms with van der Waals surface area (Å²) >= 11 is 3.53. The number of nitrogens with one attached hydrogen (secondary N) is 1. The average Bonchev–Trinajstić information content (AvgIpc) is 2.26. The number of aliphatic hydroxyl groups is 1. The molecule has 88 valence electrons. The van der Waals surface area contributed by atoms with Crippen LogP contribution >= 0.6 is 15.9 Å². The van der Waals surface area contributed by atoms with Crippen LogP contribution in [0.5, 0.6) is 0 Å². The molecule has 16 heavy (non-hydrogen) atoms. The molecule has 0 amide bonds. The third-order valence-electron chi connectivity index (χ3n) is 3.35. The number of hydrogen-bond acceptors (Lipinski definition) is 2. The van der Waals surface area contributed by atoms with Gasteiger partial charge in [-0.3, -0.25) is 0 Å². The zero-order chi connectivity index (χ0) is 11.6. The van der Waals surface area contributed by atoms with Crippen molar-refractivity contribution >= 4 is 15.9 Å². The minimum Gasteiger partial charge on any atom is -0.388 e. The molecule has 1 heterocycles. The second kappa shape index (κ2) is 4.86. The smallest absolute Gasteiger partial charge is 0.0812 e.